The zero-order valence-corrected chi connectivity index (χ0v) is 13.3. The highest BCUT2D eigenvalue weighted by Gasteiger charge is 2.27. The summed E-state index contributed by atoms with van der Waals surface area (Å²) in [5.74, 6) is 0.548. The van der Waals surface area contributed by atoms with Crippen molar-refractivity contribution in [3.05, 3.63) is 35.4 Å². The van der Waals surface area contributed by atoms with Crippen LogP contribution in [-0.4, -0.2) is 37.7 Å². The van der Waals surface area contributed by atoms with Crippen molar-refractivity contribution in [1.82, 2.24) is 10.2 Å². The number of nitrogens with one attached hydrogen (secondary N) is 1. The molecule has 1 amide bonds. The summed E-state index contributed by atoms with van der Waals surface area (Å²) in [6.45, 7) is 7.23. The minimum atomic E-state index is -0.496. The lowest BCUT2D eigenvalue weighted by molar-refractivity contribution is 0.175. The molecule has 1 atom stereocenters. The standard InChI is InChI=1S/C16H23N3O2/c1-16(2,3)12-8-6-11(7-9-12)13-10-17-14(19(13)4)18-15(20)21-5/h6-9,13H,10H2,1-5H3,(H,17,18,20). The molecule has 5 heteroatoms. The minimum Gasteiger partial charge on any atom is -0.453 e. The lowest BCUT2D eigenvalue weighted by Crippen LogP contribution is -2.40. The van der Waals surface area contributed by atoms with Crippen molar-refractivity contribution in [3.63, 3.8) is 0 Å². The lowest BCUT2D eigenvalue weighted by atomic mass is 9.86. The third-order valence-corrected chi connectivity index (χ3v) is 3.78. The molecule has 0 aromatic heterocycles. The molecule has 0 aliphatic carbocycles. The number of hydrogen-bond acceptors (Lipinski definition) is 4. The first-order valence-corrected chi connectivity index (χ1v) is 7.05. The molecule has 0 saturated heterocycles. The van der Waals surface area contributed by atoms with Gasteiger partial charge in [-0.25, -0.2) is 4.79 Å². The maximum absolute atomic E-state index is 11.3. The number of rotatable bonds is 1. The Morgan fingerprint density at radius 2 is 1.95 bits per heavy atom. The van der Waals surface area contributed by atoms with Gasteiger partial charge < -0.3 is 9.64 Å². The van der Waals surface area contributed by atoms with Crippen molar-refractivity contribution in [3.8, 4) is 0 Å². The van der Waals surface area contributed by atoms with E-state index in [4.69, 9.17) is 0 Å². The summed E-state index contributed by atoms with van der Waals surface area (Å²) in [6.07, 6.45) is -0.496. The van der Waals surface area contributed by atoms with Crippen molar-refractivity contribution in [2.45, 2.75) is 32.2 Å². The van der Waals surface area contributed by atoms with Crippen molar-refractivity contribution in [2.24, 2.45) is 4.99 Å². The molecule has 0 saturated carbocycles. The molecule has 1 heterocycles. The molecule has 1 aromatic rings. The summed E-state index contributed by atoms with van der Waals surface area (Å²) in [5, 5.41) is 2.63. The van der Waals surface area contributed by atoms with E-state index in [0.29, 0.717) is 12.5 Å². The molecule has 1 aliphatic heterocycles. The number of guanidine groups is 1. The smallest absolute Gasteiger partial charge is 0.413 e. The van der Waals surface area contributed by atoms with Crippen LogP contribution < -0.4 is 5.32 Å². The van der Waals surface area contributed by atoms with Crippen LogP contribution in [0.25, 0.3) is 0 Å². The average molecular weight is 289 g/mol. The Labute approximate surface area is 126 Å². The molecule has 1 unspecified atom stereocenters. The van der Waals surface area contributed by atoms with E-state index in [-0.39, 0.29) is 11.5 Å². The van der Waals surface area contributed by atoms with Crippen molar-refractivity contribution >= 4 is 12.1 Å². The zero-order valence-electron chi connectivity index (χ0n) is 13.3. The van der Waals surface area contributed by atoms with Crippen LogP contribution >= 0.6 is 0 Å². The van der Waals surface area contributed by atoms with E-state index in [0.717, 1.165) is 0 Å². The fourth-order valence-electron chi connectivity index (χ4n) is 2.36. The number of likely N-dealkylation sites (N-methyl/N-ethyl adjacent to an activating group) is 1. The maximum atomic E-state index is 11.3. The SMILES string of the molecule is COC(=O)NC1=NCC(c2ccc(C(C)(C)C)cc2)N1C. The van der Waals surface area contributed by atoms with Crippen LogP contribution in [0.4, 0.5) is 4.79 Å². The number of benzene rings is 1. The van der Waals surface area contributed by atoms with Gasteiger partial charge in [0.25, 0.3) is 0 Å². The van der Waals surface area contributed by atoms with Gasteiger partial charge in [0.15, 0.2) is 0 Å². The molecule has 0 radical (unpaired) electrons. The Kier molecular flexibility index (Phi) is 4.21. The van der Waals surface area contributed by atoms with E-state index in [9.17, 15) is 4.79 Å². The van der Waals surface area contributed by atoms with Crippen LogP contribution in [0.3, 0.4) is 0 Å². The molecule has 114 valence electrons. The summed E-state index contributed by atoms with van der Waals surface area (Å²) in [7, 11) is 3.26. The zero-order chi connectivity index (χ0) is 15.6. The third-order valence-electron chi connectivity index (χ3n) is 3.78. The van der Waals surface area contributed by atoms with E-state index >= 15 is 0 Å². The monoisotopic (exact) mass is 289 g/mol. The lowest BCUT2D eigenvalue weighted by Gasteiger charge is -2.24. The van der Waals surface area contributed by atoms with Crippen molar-refractivity contribution in [1.29, 1.82) is 0 Å². The number of methoxy groups -OCH3 is 1. The van der Waals surface area contributed by atoms with Crippen LogP contribution in [0.15, 0.2) is 29.3 Å². The van der Waals surface area contributed by atoms with E-state index in [1.165, 1.54) is 18.2 Å². The Morgan fingerprint density at radius 3 is 2.48 bits per heavy atom. The van der Waals surface area contributed by atoms with Gasteiger partial charge in [-0.3, -0.25) is 10.3 Å². The molecule has 5 nitrogen and oxygen atoms in total. The normalized spacial score (nSPS) is 18.4. The molecular weight excluding hydrogens is 266 g/mol. The van der Waals surface area contributed by atoms with Crippen LogP contribution in [-0.2, 0) is 10.2 Å². The first kappa shape index (κ1) is 15.4. The van der Waals surface area contributed by atoms with E-state index in [2.05, 4.69) is 60.1 Å². The molecule has 0 bridgehead atoms. The highest BCUT2D eigenvalue weighted by molar-refractivity contribution is 5.94. The second kappa shape index (κ2) is 5.76. The average Bonchev–Trinajstić information content (AvgIpc) is 2.79. The van der Waals surface area contributed by atoms with Gasteiger partial charge in [-0.2, -0.15) is 0 Å². The first-order chi connectivity index (χ1) is 9.82. The molecule has 1 aromatic carbocycles. The summed E-state index contributed by atoms with van der Waals surface area (Å²) in [5.41, 5.74) is 2.64. The minimum absolute atomic E-state index is 0.145. The molecule has 1 aliphatic rings. The Bertz CT molecular complexity index is 544. The van der Waals surface area contributed by atoms with Gasteiger partial charge >= 0.3 is 6.09 Å². The molecule has 0 fully saturated rings. The summed E-state index contributed by atoms with van der Waals surface area (Å²) in [4.78, 5) is 17.6. The number of hydrogen-bond donors (Lipinski definition) is 1. The highest BCUT2D eigenvalue weighted by Crippen LogP contribution is 2.28. The van der Waals surface area contributed by atoms with Gasteiger partial charge in [0, 0.05) is 7.05 Å². The van der Waals surface area contributed by atoms with Crippen molar-refractivity contribution < 1.29 is 9.53 Å². The predicted octanol–water partition coefficient (Wildman–Crippen LogP) is 2.68. The van der Waals surface area contributed by atoms with E-state index in [1.54, 1.807) is 0 Å². The third kappa shape index (κ3) is 3.35. The highest BCUT2D eigenvalue weighted by atomic mass is 16.5. The second-order valence-corrected chi connectivity index (χ2v) is 6.28. The molecular formula is C16H23N3O2. The Hall–Kier alpha value is -2.04. The summed E-state index contributed by atoms with van der Waals surface area (Å²) in [6, 6.07) is 8.74. The summed E-state index contributed by atoms with van der Waals surface area (Å²) < 4.78 is 4.60. The molecule has 2 rings (SSSR count). The van der Waals surface area contributed by atoms with Crippen molar-refractivity contribution in [2.75, 3.05) is 20.7 Å². The predicted molar refractivity (Wildman–Crippen MR) is 83.5 cm³/mol. The number of nitrogens with zero attached hydrogens (tertiary/aromatic N) is 2. The number of ether oxygens (including phenoxy) is 1. The van der Waals surface area contributed by atoms with Crippen LogP contribution in [0, 0.1) is 0 Å². The Balaban J connectivity index is 2.09. The van der Waals surface area contributed by atoms with Crippen LogP contribution in [0.1, 0.15) is 37.9 Å². The topological polar surface area (TPSA) is 53.9 Å². The summed E-state index contributed by atoms with van der Waals surface area (Å²) >= 11 is 0. The second-order valence-electron chi connectivity index (χ2n) is 6.28. The van der Waals surface area contributed by atoms with Gasteiger partial charge in [-0.15, -0.1) is 0 Å². The first-order valence-electron chi connectivity index (χ1n) is 7.05. The van der Waals surface area contributed by atoms with Crippen LogP contribution in [0.5, 0.6) is 0 Å². The maximum Gasteiger partial charge on any atom is 0.413 e. The van der Waals surface area contributed by atoms with E-state index in [1.807, 2.05) is 11.9 Å². The fraction of sp³-hybridized carbons (Fsp3) is 0.500. The number of carbonyl (C=O) groups excluding carboxylic acids is 1. The quantitative estimate of drug-likeness (QED) is 0.865. The number of alkyl carbamates (subject to hydrolysis) is 1. The number of aliphatic imine (C=N–C) groups is 1. The molecule has 0 spiro atoms. The largest absolute Gasteiger partial charge is 0.453 e. The molecule has 21 heavy (non-hydrogen) atoms. The van der Waals surface area contributed by atoms with Gasteiger partial charge in [0.2, 0.25) is 5.96 Å². The number of carbonyl (C=O) groups is 1. The fourth-order valence-corrected chi connectivity index (χ4v) is 2.36. The molecule has 1 N–H and O–H groups in total. The van der Waals surface area contributed by atoms with Gasteiger partial charge in [-0.05, 0) is 16.5 Å². The van der Waals surface area contributed by atoms with Gasteiger partial charge in [0.1, 0.15) is 0 Å². The van der Waals surface area contributed by atoms with Crippen LogP contribution in [0.2, 0.25) is 0 Å². The van der Waals surface area contributed by atoms with E-state index < -0.39 is 6.09 Å². The Morgan fingerprint density at radius 1 is 1.33 bits per heavy atom. The van der Waals surface area contributed by atoms with Gasteiger partial charge in [-0.1, -0.05) is 45.0 Å². The number of amides is 1. The van der Waals surface area contributed by atoms with Gasteiger partial charge in [0.05, 0.1) is 19.7 Å².